The van der Waals surface area contributed by atoms with Gasteiger partial charge in [-0.15, -0.1) is 6.58 Å². The number of amides is 4. The van der Waals surface area contributed by atoms with Gasteiger partial charge in [0.05, 0.1) is 74.2 Å². The number of benzene rings is 6. The second-order valence-electron chi connectivity index (χ2n) is 29.2. The molecule has 616 valence electrons. The molecule has 6 aromatic rings. The Balaban J connectivity index is 0.000000203. The van der Waals surface area contributed by atoms with Gasteiger partial charge in [0.1, 0.15) is 70.3 Å². The second-order valence-corrected chi connectivity index (χ2v) is 29.2. The van der Waals surface area contributed by atoms with E-state index >= 15 is 0 Å². The Morgan fingerprint density at radius 2 is 0.913 bits per heavy atom. The maximum atomic E-state index is 14.1. The van der Waals surface area contributed by atoms with Crippen molar-refractivity contribution in [3.05, 3.63) is 166 Å². The lowest BCUT2D eigenvalue weighted by Gasteiger charge is -2.47. The number of phenolic OH excluding ortho intramolecular Hbond substituents is 4. The fourth-order valence-electron chi connectivity index (χ4n) is 16.0. The van der Waals surface area contributed by atoms with Crippen LogP contribution in [0.3, 0.4) is 0 Å². The van der Waals surface area contributed by atoms with E-state index in [1.165, 1.54) is 103 Å². The molecule has 0 aliphatic carbocycles. The monoisotopic (exact) mass is 1600 g/mol. The molecule has 4 saturated heterocycles. The molecule has 2 spiro atoms. The van der Waals surface area contributed by atoms with Crippen molar-refractivity contribution < 1.29 is 145 Å². The molecule has 8 heterocycles. The third-order valence-electron chi connectivity index (χ3n) is 21.5. The van der Waals surface area contributed by atoms with Crippen LogP contribution < -0.4 is 30.7 Å². The Kier molecular flexibility index (Phi) is 24.9. The highest BCUT2D eigenvalue weighted by molar-refractivity contribution is 6.02. The lowest BCUT2D eigenvalue weighted by molar-refractivity contribution is -0.309. The number of aliphatic hydroxyl groups is 4. The minimum Gasteiger partial charge on any atom is -0.508 e. The number of ether oxygens (including phenoxy) is 16. The molecule has 0 aromatic heterocycles. The number of aromatic hydroxyl groups is 4. The molecule has 8 aliphatic heterocycles. The molecule has 0 saturated carbocycles. The van der Waals surface area contributed by atoms with Crippen molar-refractivity contribution in [1.82, 2.24) is 10.6 Å². The van der Waals surface area contributed by atoms with Gasteiger partial charge in [-0.1, -0.05) is 31.6 Å². The number of fused-ring (bicyclic) bond motifs is 12. The van der Waals surface area contributed by atoms with Crippen LogP contribution in [0.2, 0.25) is 0 Å². The third-order valence-corrected chi connectivity index (χ3v) is 21.5. The van der Waals surface area contributed by atoms with Crippen LogP contribution in [0.25, 0.3) is 0 Å². The van der Waals surface area contributed by atoms with E-state index in [-0.39, 0.29) is 107 Å². The molecule has 14 rings (SSSR count). The van der Waals surface area contributed by atoms with Crippen molar-refractivity contribution in [3.63, 3.8) is 0 Å². The topological polar surface area (TPSA) is 460 Å². The summed E-state index contributed by atoms with van der Waals surface area (Å²) in [4.78, 5) is 79.7. The van der Waals surface area contributed by atoms with Gasteiger partial charge in [-0.2, -0.15) is 0 Å². The maximum Gasteiger partial charge on any atom is 0.340 e. The van der Waals surface area contributed by atoms with Crippen LogP contribution in [0.4, 0.5) is 11.4 Å². The van der Waals surface area contributed by atoms with E-state index in [2.05, 4.69) is 27.8 Å². The summed E-state index contributed by atoms with van der Waals surface area (Å²) >= 11 is 0. The van der Waals surface area contributed by atoms with Gasteiger partial charge in [0.25, 0.3) is 11.8 Å². The van der Waals surface area contributed by atoms with Crippen molar-refractivity contribution >= 4 is 46.9 Å². The van der Waals surface area contributed by atoms with Crippen molar-refractivity contribution in [2.24, 2.45) is 11.8 Å². The lowest BCUT2D eigenvalue weighted by atomic mass is 9.77. The standard InChI is InChI=1S/C44H52N2O16.C37H40N2O14/c1-21(2)13-14-56-20-35(51)57-19-34-22(3)38(37(45-23(4)47)43(55-6)59-34)60-36-18-31(50)39(54-5)40(61-36)41(52)46-24-7-10-28-27(15-24)42(53)62-44(28)29-11-8-25(48)16-32(29)58-33-17-26(49)9-12-30(33)44;1-16-28(15-40)50-36(48-4)30(38-17(2)41)31(16)51-29-14-25(44)32(47-3)33(52-29)34(45)39-18-5-8-22-21(11-18)35(46)53-37(22)23-9-6-19(42)12-26(23)49-27-13-20(43)7-10-24(27)37/h7-12,15-17,22,31,34-40,43,48-51H,1,13-14,18-20H2,2-6H3,(H,45,47)(H,46,52);5-13,16,25,28-33,36,40,42-44H,14-15H2,1-4H3,(H,38,41)(H,39,45). The number of esters is 2. The minimum atomic E-state index is -1.51. The summed E-state index contributed by atoms with van der Waals surface area (Å²) in [5, 5.41) is 94.8. The quantitative estimate of drug-likeness (QED) is 0.0168. The van der Waals surface area contributed by atoms with E-state index < -0.39 is 157 Å². The number of carbonyl (C=O) groups excluding carboxylic acids is 6. The van der Waals surface area contributed by atoms with Crippen LogP contribution in [0.1, 0.15) is 108 Å². The van der Waals surface area contributed by atoms with Crippen molar-refractivity contribution in [2.75, 3.05) is 65.5 Å². The number of hydrogen-bond donors (Lipinski definition) is 12. The van der Waals surface area contributed by atoms with Crippen LogP contribution in [-0.4, -0.2) is 236 Å². The fraction of sp³-hybridized carbons (Fsp3) is 0.457. The summed E-state index contributed by atoms with van der Waals surface area (Å²) in [6, 6.07) is 25.3. The maximum absolute atomic E-state index is 14.1. The highest BCUT2D eigenvalue weighted by atomic mass is 16.7. The molecule has 19 unspecified atom stereocenters. The SMILES string of the molecule is C=C(C)CCOCC(O)OCC1OC(OC)C(NC(C)=O)C(OC2CC(O)C(OC)C(C(=O)Nc3ccc4c(c3)C(=O)OC43c4ccc(O)cc4Oc4cc(O)ccc43)O2)C1C.COC1OC(CO)C(C)C(OC2CC(O)C(OC)C(C(=O)Nc3ccc4c(c3)C(=O)OC43c4ccc(O)cc4Oc4cc(O)ccc43)O2)C1NC(C)=O. The first-order chi connectivity index (χ1) is 55.0. The average Bonchev–Trinajstić information content (AvgIpc) is 1.59. The smallest absolute Gasteiger partial charge is 0.340 e. The summed E-state index contributed by atoms with van der Waals surface area (Å²) in [6.45, 7) is 11.8. The molecule has 12 N–H and O–H groups in total. The summed E-state index contributed by atoms with van der Waals surface area (Å²) in [7, 11) is 5.45. The Hall–Kier alpha value is -9.96. The Labute approximate surface area is 659 Å². The molecule has 4 amide bonds. The Morgan fingerprint density at radius 3 is 1.28 bits per heavy atom. The zero-order valence-corrected chi connectivity index (χ0v) is 64.1. The van der Waals surface area contributed by atoms with Gasteiger partial charge in [-0.25, -0.2) is 9.59 Å². The summed E-state index contributed by atoms with van der Waals surface area (Å²) in [6.07, 6.45) is -15.8. The zero-order valence-electron chi connectivity index (χ0n) is 64.1. The van der Waals surface area contributed by atoms with Crippen LogP contribution >= 0.6 is 0 Å². The number of rotatable bonds is 23. The normalized spacial score (nSPS) is 28.5. The van der Waals surface area contributed by atoms with E-state index in [1.54, 1.807) is 62.4 Å². The number of aliphatic hydroxyl groups excluding tert-OH is 4. The van der Waals surface area contributed by atoms with Crippen LogP contribution in [0.15, 0.2) is 121 Å². The number of hydrogen-bond acceptors (Lipinski definition) is 30. The van der Waals surface area contributed by atoms with E-state index in [0.29, 0.717) is 46.4 Å². The van der Waals surface area contributed by atoms with Crippen molar-refractivity contribution in [3.8, 4) is 46.0 Å². The van der Waals surface area contributed by atoms with Gasteiger partial charge in [0.2, 0.25) is 11.8 Å². The summed E-state index contributed by atoms with van der Waals surface area (Å²) < 4.78 is 94.6. The molecule has 34 heteroatoms. The number of nitrogens with one attached hydrogen (secondary N) is 4. The highest BCUT2D eigenvalue weighted by Crippen LogP contribution is 2.59. The molecule has 6 aromatic carbocycles. The zero-order chi connectivity index (χ0) is 82.2. The molecule has 0 radical (unpaired) electrons. The molecular formula is C81H92N4O30. The number of methoxy groups -OCH3 is 4. The predicted molar refractivity (Wildman–Crippen MR) is 397 cm³/mol. The van der Waals surface area contributed by atoms with Gasteiger partial charge >= 0.3 is 11.9 Å². The molecule has 115 heavy (non-hydrogen) atoms. The van der Waals surface area contributed by atoms with Crippen molar-refractivity contribution in [2.45, 2.75) is 170 Å². The van der Waals surface area contributed by atoms with Crippen molar-refractivity contribution in [1.29, 1.82) is 0 Å². The van der Waals surface area contributed by atoms with Gasteiger partial charge in [-0.3, -0.25) is 19.2 Å². The second kappa shape index (κ2) is 34.5. The van der Waals surface area contributed by atoms with Crippen LogP contribution in [0.5, 0.6) is 46.0 Å². The summed E-state index contributed by atoms with van der Waals surface area (Å²) in [5.74, 6) is -4.06. The first kappa shape index (κ1) is 83.0. The number of phenols is 4. The molecule has 8 aliphatic rings. The third kappa shape index (κ3) is 16.5. The average molecular weight is 1600 g/mol. The van der Waals surface area contributed by atoms with Crippen LogP contribution in [0, 0.1) is 11.8 Å². The highest BCUT2D eigenvalue weighted by Gasteiger charge is 2.58. The van der Waals surface area contributed by atoms with Gasteiger partial charge in [0, 0.05) is 136 Å². The Bertz CT molecular complexity index is 4550. The first-order valence-electron chi connectivity index (χ1n) is 37.2. The molecule has 34 nitrogen and oxygen atoms in total. The van der Waals surface area contributed by atoms with Gasteiger partial charge in [0.15, 0.2) is 54.9 Å². The largest absolute Gasteiger partial charge is 0.508 e. The predicted octanol–water partition coefficient (Wildman–Crippen LogP) is 5.30. The fourth-order valence-corrected chi connectivity index (χ4v) is 16.0. The molecular weight excluding hydrogens is 1510 g/mol. The molecule has 0 bridgehead atoms. The molecule has 4 fully saturated rings. The van der Waals surface area contributed by atoms with E-state index in [1.807, 2.05) is 6.92 Å². The van der Waals surface area contributed by atoms with E-state index in [4.69, 9.17) is 75.8 Å². The van der Waals surface area contributed by atoms with E-state index in [0.717, 1.165) is 5.57 Å². The lowest BCUT2D eigenvalue weighted by Crippen LogP contribution is -2.64. The van der Waals surface area contributed by atoms with Crippen LogP contribution in [-0.2, 0) is 96.7 Å². The van der Waals surface area contributed by atoms with Gasteiger partial charge < -0.3 is 138 Å². The minimum absolute atomic E-state index is 0.0782. The number of carbonyl (C=O) groups is 6. The summed E-state index contributed by atoms with van der Waals surface area (Å²) in [5.41, 5.74) is 1.22. The van der Waals surface area contributed by atoms with Gasteiger partial charge in [-0.05, 0) is 86.1 Å². The first-order valence-corrected chi connectivity index (χ1v) is 37.2. The number of anilines is 2. The van der Waals surface area contributed by atoms with E-state index in [9.17, 15) is 69.6 Å². The Morgan fingerprint density at radius 1 is 0.530 bits per heavy atom. The molecule has 19 atom stereocenters.